The Balaban J connectivity index is 1.53. The van der Waals surface area contributed by atoms with Crippen molar-refractivity contribution >= 4 is 46.3 Å². The van der Waals surface area contributed by atoms with Gasteiger partial charge in [-0.2, -0.15) is 4.37 Å². The van der Waals surface area contributed by atoms with Crippen LogP contribution in [0.3, 0.4) is 0 Å². The molecule has 0 spiro atoms. The third-order valence-corrected chi connectivity index (χ3v) is 6.20. The normalized spacial score (nSPS) is 23.0. The first-order valence-corrected chi connectivity index (χ1v) is 10.2. The molecule has 2 aliphatic heterocycles. The van der Waals surface area contributed by atoms with Crippen molar-refractivity contribution in [2.75, 3.05) is 31.1 Å². The number of morpholine rings is 1. The smallest absolute Gasteiger partial charge is 0.254 e. The molecule has 26 heavy (non-hydrogen) atoms. The Bertz CT molecular complexity index is 815. The molecule has 2 aromatic rings. The number of carbonyl (C=O) groups excluding carboxylic acids is 1. The predicted molar refractivity (Wildman–Crippen MR) is 104 cm³/mol. The second kappa shape index (κ2) is 7.35. The highest BCUT2D eigenvalue weighted by Crippen LogP contribution is 2.37. The second-order valence-corrected chi connectivity index (χ2v) is 8.11. The predicted octanol–water partition coefficient (Wildman–Crippen LogP) is 3.80. The fraction of sp³-hybridized carbons (Fsp3) is 0.444. The minimum Gasteiger partial charge on any atom is -0.365 e. The van der Waals surface area contributed by atoms with Gasteiger partial charge in [0.2, 0.25) is 0 Å². The highest BCUT2D eigenvalue weighted by atomic mass is 35.5. The molecule has 0 bridgehead atoms. The lowest BCUT2D eigenvalue weighted by atomic mass is 9.93. The van der Waals surface area contributed by atoms with Gasteiger partial charge in [-0.15, -0.1) is 0 Å². The zero-order valence-electron chi connectivity index (χ0n) is 14.3. The molecule has 2 aliphatic rings. The Morgan fingerprint density at radius 2 is 2.19 bits per heavy atom. The van der Waals surface area contributed by atoms with Crippen LogP contribution in [0, 0.1) is 0 Å². The minimum atomic E-state index is -0.473. The van der Waals surface area contributed by atoms with Crippen LogP contribution in [0.1, 0.15) is 24.1 Å². The summed E-state index contributed by atoms with van der Waals surface area (Å²) < 4.78 is 9.95. The third kappa shape index (κ3) is 3.31. The van der Waals surface area contributed by atoms with Gasteiger partial charge < -0.3 is 14.5 Å². The standard InChI is InChI=1S/C18H19Cl2N3O2S/c1-11-17-12(6-13(19)7-15(17)20)2-3-23(11)18(24)16-9-22(4-5-25-16)14-8-21-26-10-14/h6-8,10-11,16H,2-5,9H2,1H3/t11-,16+/m0/s1. The molecule has 0 unspecified atom stereocenters. The Labute approximate surface area is 166 Å². The van der Waals surface area contributed by atoms with Gasteiger partial charge in [0, 0.05) is 28.5 Å². The largest absolute Gasteiger partial charge is 0.365 e. The van der Waals surface area contributed by atoms with Crippen LogP contribution in [0.4, 0.5) is 5.69 Å². The molecule has 1 aromatic heterocycles. The summed E-state index contributed by atoms with van der Waals surface area (Å²) in [6, 6.07) is 3.59. The van der Waals surface area contributed by atoms with Crippen LogP contribution in [0.25, 0.3) is 0 Å². The van der Waals surface area contributed by atoms with Crippen molar-refractivity contribution in [1.82, 2.24) is 9.27 Å². The van der Waals surface area contributed by atoms with Crippen molar-refractivity contribution in [2.45, 2.75) is 25.5 Å². The van der Waals surface area contributed by atoms with Crippen molar-refractivity contribution in [3.05, 3.63) is 44.9 Å². The molecule has 5 nitrogen and oxygen atoms in total. The van der Waals surface area contributed by atoms with Gasteiger partial charge in [0.15, 0.2) is 6.10 Å². The zero-order chi connectivity index (χ0) is 18.3. The van der Waals surface area contributed by atoms with Crippen LogP contribution in [0.2, 0.25) is 10.0 Å². The lowest BCUT2D eigenvalue weighted by Crippen LogP contribution is -2.52. The summed E-state index contributed by atoms with van der Waals surface area (Å²) in [5.41, 5.74) is 3.16. The average Bonchev–Trinajstić information content (AvgIpc) is 3.16. The Morgan fingerprint density at radius 3 is 2.96 bits per heavy atom. The summed E-state index contributed by atoms with van der Waals surface area (Å²) in [6.07, 6.45) is 2.11. The number of hydrogen-bond acceptors (Lipinski definition) is 5. The molecule has 1 aromatic carbocycles. The average molecular weight is 412 g/mol. The molecule has 1 fully saturated rings. The van der Waals surface area contributed by atoms with Crippen LogP contribution < -0.4 is 4.90 Å². The lowest BCUT2D eigenvalue weighted by molar-refractivity contribution is -0.147. The Kier molecular flexibility index (Phi) is 5.10. The molecule has 4 rings (SSSR count). The van der Waals surface area contributed by atoms with E-state index in [1.807, 2.05) is 29.5 Å². The van der Waals surface area contributed by atoms with Crippen molar-refractivity contribution < 1.29 is 9.53 Å². The molecule has 1 saturated heterocycles. The number of amides is 1. The topological polar surface area (TPSA) is 45.7 Å². The number of aromatic nitrogens is 1. The molecule has 2 atom stereocenters. The van der Waals surface area contributed by atoms with Crippen LogP contribution in [0.15, 0.2) is 23.7 Å². The highest BCUT2D eigenvalue weighted by molar-refractivity contribution is 7.04. The number of nitrogens with zero attached hydrogens (tertiary/aromatic N) is 3. The molecular formula is C18H19Cl2N3O2S. The number of carbonyl (C=O) groups is 1. The van der Waals surface area contributed by atoms with E-state index in [0.29, 0.717) is 29.7 Å². The molecule has 138 valence electrons. The summed E-state index contributed by atoms with van der Waals surface area (Å²) >= 11 is 14.0. The van der Waals surface area contributed by atoms with E-state index in [9.17, 15) is 4.79 Å². The second-order valence-electron chi connectivity index (χ2n) is 6.61. The number of rotatable bonds is 2. The van der Waals surface area contributed by atoms with Gasteiger partial charge >= 0.3 is 0 Å². The third-order valence-electron chi connectivity index (χ3n) is 5.10. The van der Waals surface area contributed by atoms with Crippen molar-refractivity contribution in [1.29, 1.82) is 0 Å². The van der Waals surface area contributed by atoms with Gasteiger partial charge in [-0.05, 0) is 48.1 Å². The fourth-order valence-corrected chi connectivity index (χ4v) is 5.02. The van der Waals surface area contributed by atoms with E-state index >= 15 is 0 Å². The van der Waals surface area contributed by atoms with Crippen LogP contribution in [0.5, 0.6) is 0 Å². The molecule has 1 amide bonds. The Hall–Kier alpha value is -1.34. The SMILES string of the molecule is C[C@H]1c2c(Cl)cc(Cl)cc2CCN1C(=O)[C@H]1CN(c2cnsc2)CCO1. The van der Waals surface area contributed by atoms with Crippen LogP contribution in [-0.2, 0) is 16.0 Å². The molecule has 0 saturated carbocycles. The van der Waals surface area contributed by atoms with Gasteiger partial charge in [0.05, 0.1) is 31.1 Å². The summed E-state index contributed by atoms with van der Waals surface area (Å²) in [7, 11) is 0. The number of fused-ring (bicyclic) bond motifs is 1. The van der Waals surface area contributed by atoms with Crippen LogP contribution in [-0.4, -0.2) is 47.5 Å². The van der Waals surface area contributed by atoms with Crippen molar-refractivity contribution in [3.8, 4) is 0 Å². The van der Waals surface area contributed by atoms with Gasteiger partial charge in [-0.1, -0.05) is 23.2 Å². The minimum absolute atomic E-state index is 0.0158. The Morgan fingerprint density at radius 1 is 1.35 bits per heavy atom. The van der Waals surface area contributed by atoms with E-state index in [-0.39, 0.29) is 11.9 Å². The molecule has 3 heterocycles. The number of halogens is 2. The lowest BCUT2D eigenvalue weighted by Gasteiger charge is -2.40. The number of benzene rings is 1. The number of anilines is 1. The summed E-state index contributed by atoms with van der Waals surface area (Å²) in [5, 5.41) is 3.25. The van der Waals surface area contributed by atoms with E-state index in [1.54, 1.807) is 6.07 Å². The van der Waals surface area contributed by atoms with Crippen molar-refractivity contribution in [3.63, 3.8) is 0 Å². The first kappa shape index (κ1) is 18.0. The first-order valence-electron chi connectivity index (χ1n) is 8.59. The van der Waals surface area contributed by atoms with E-state index in [1.165, 1.54) is 11.5 Å². The van der Waals surface area contributed by atoms with E-state index in [0.717, 1.165) is 29.8 Å². The van der Waals surface area contributed by atoms with Gasteiger partial charge in [-0.3, -0.25) is 4.79 Å². The van der Waals surface area contributed by atoms with E-state index in [2.05, 4.69) is 9.27 Å². The summed E-state index contributed by atoms with van der Waals surface area (Å²) in [6.45, 7) is 4.50. The van der Waals surface area contributed by atoms with E-state index in [4.69, 9.17) is 27.9 Å². The molecular weight excluding hydrogens is 393 g/mol. The zero-order valence-corrected chi connectivity index (χ0v) is 16.7. The number of ether oxygens (including phenoxy) is 1. The molecule has 0 radical (unpaired) electrons. The van der Waals surface area contributed by atoms with Gasteiger partial charge in [0.1, 0.15) is 0 Å². The molecule has 0 aliphatic carbocycles. The molecule has 0 N–H and O–H groups in total. The first-order chi connectivity index (χ1) is 12.5. The summed E-state index contributed by atoms with van der Waals surface area (Å²) in [4.78, 5) is 17.2. The van der Waals surface area contributed by atoms with Crippen molar-refractivity contribution in [2.24, 2.45) is 0 Å². The fourth-order valence-electron chi connectivity index (χ4n) is 3.78. The van der Waals surface area contributed by atoms with E-state index < -0.39 is 6.10 Å². The van der Waals surface area contributed by atoms with Gasteiger partial charge in [0.25, 0.3) is 5.91 Å². The highest BCUT2D eigenvalue weighted by Gasteiger charge is 2.36. The maximum atomic E-state index is 13.2. The molecule has 8 heteroatoms. The monoisotopic (exact) mass is 411 g/mol. The van der Waals surface area contributed by atoms with Gasteiger partial charge in [-0.25, -0.2) is 0 Å². The quantitative estimate of drug-likeness (QED) is 0.753. The van der Waals surface area contributed by atoms with Crippen LogP contribution >= 0.6 is 34.7 Å². The maximum absolute atomic E-state index is 13.2. The number of hydrogen-bond donors (Lipinski definition) is 0. The maximum Gasteiger partial charge on any atom is 0.254 e. The summed E-state index contributed by atoms with van der Waals surface area (Å²) in [5.74, 6) is 0.0158.